The molecule has 17 rings (SSSR count). The second-order valence-electron chi connectivity index (χ2n) is 18.9. The molecule has 0 N–H and O–H groups in total. The monoisotopic (exact) mass is 894 g/mol. The highest BCUT2D eigenvalue weighted by Crippen LogP contribution is 2.64. The predicted molar refractivity (Wildman–Crippen MR) is 282 cm³/mol. The molecule has 1 spiro atoms. The van der Waals surface area contributed by atoms with E-state index in [4.69, 9.17) is 17.7 Å². The summed E-state index contributed by atoms with van der Waals surface area (Å²) in [5, 5.41) is 10.9. The zero-order valence-electron chi connectivity index (χ0n) is 37.2. The summed E-state index contributed by atoms with van der Waals surface area (Å²) in [7, 11) is 0. The van der Waals surface area contributed by atoms with Crippen LogP contribution in [0.1, 0.15) is 22.3 Å². The number of anilines is 3. The van der Waals surface area contributed by atoms with Gasteiger partial charge >= 0.3 is 0 Å². The van der Waals surface area contributed by atoms with E-state index in [1.807, 2.05) is 18.2 Å². The van der Waals surface area contributed by atoms with Crippen LogP contribution in [0.25, 0.3) is 121 Å². The van der Waals surface area contributed by atoms with Crippen LogP contribution in [-0.2, 0) is 5.41 Å². The smallest absolute Gasteiger partial charge is 0.227 e. The lowest BCUT2D eigenvalue weighted by Gasteiger charge is -2.40. The molecule has 6 nitrogen and oxygen atoms in total. The van der Waals surface area contributed by atoms with Crippen molar-refractivity contribution >= 4 is 116 Å². The Kier molecular flexibility index (Phi) is 6.80. The molecule has 15 aromatic rings. The number of aromatic nitrogens is 1. The standard InChI is InChI=1S/C64H34N2O4/c1-2-13-36(14-3-1)66(37-22-25-55-45(29-37)41-18-10-28-65-63(41)70-55)38-23-26-56-48(30-38)62-57(67-56)27-24-50-61(62)42-17-8-11-35-12-9-19-49(60(35)42)64(50)51-33-58-46(39-15-4-6-20-53(39)68-58)31-43(51)44-32-47-40-16-5-7-21-54(40)69-59(47)34-52(44)64/h1-34H. The molecule has 2 aliphatic rings. The third-order valence-corrected chi connectivity index (χ3v) is 15.5. The van der Waals surface area contributed by atoms with E-state index in [1.165, 1.54) is 49.7 Å². The molecule has 324 valence electrons. The molecule has 0 saturated carbocycles. The summed E-state index contributed by atoms with van der Waals surface area (Å²) in [5.74, 6) is 0. The lowest BCUT2D eigenvalue weighted by Crippen LogP contribution is -2.31. The maximum Gasteiger partial charge on any atom is 0.227 e. The topological polar surface area (TPSA) is 68.7 Å². The van der Waals surface area contributed by atoms with Gasteiger partial charge in [-0.15, -0.1) is 0 Å². The highest BCUT2D eigenvalue weighted by Gasteiger charge is 2.51. The molecular weight excluding hydrogens is 861 g/mol. The first-order chi connectivity index (χ1) is 34.7. The van der Waals surface area contributed by atoms with Gasteiger partial charge in [-0.05, 0) is 158 Å². The maximum absolute atomic E-state index is 6.95. The summed E-state index contributed by atoms with van der Waals surface area (Å²) in [4.78, 5) is 6.85. The lowest BCUT2D eigenvalue weighted by atomic mass is 9.61. The quantitative estimate of drug-likeness (QED) is 0.176. The molecule has 0 unspecified atom stereocenters. The van der Waals surface area contributed by atoms with Crippen molar-refractivity contribution in [1.82, 2.24) is 4.98 Å². The van der Waals surface area contributed by atoms with Crippen LogP contribution in [0.3, 0.4) is 0 Å². The van der Waals surface area contributed by atoms with Crippen molar-refractivity contribution in [2.24, 2.45) is 0 Å². The third-order valence-electron chi connectivity index (χ3n) is 15.5. The van der Waals surface area contributed by atoms with E-state index in [9.17, 15) is 0 Å². The number of benzene rings is 10. The minimum absolute atomic E-state index is 0.628. The molecule has 0 fully saturated rings. The predicted octanol–water partition coefficient (Wildman–Crippen LogP) is 17.6. The van der Waals surface area contributed by atoms with Crippen molar-refractivity contribution in [2.75, 3.05) is 4.90 Å². The number of para-hydroxylation sites is 3. The first-order valence-corrected chi connectivity index (χ1v) is 23.7. The van der Waals surface area contributed by atoms with Crippen LogP contribution in [0, 0.1) is 0 Å². The minimum atomic E-state index is -0.767. The van der Waals surface area contributed by atoms with Gasteiger partial charge in [-0.2, -0.15) is 0 Å². The lowest BCUT2D eigenvalue weighted by molar-refractivity contribution is 0.654. The Morgan fingerprint density at radius 2 is 0.914 bits per heavy atom. The normalized spacial score (nSPS) is 13.5. The summed E-state index contributed by atoms with van der Waals surface area (Å²) in [6, 6.07) is 71.9. The third kappa shape index (κ3) is 4.56. The van der Waals surface area contributed by atoms with Gasteiger partial charge in [0.1, 0.15) is 39.1 Å². The van der Waals surface area contributed by atoms with Crippen LogP contribution in [0.5, 0.6) is 0 Å². The first kappa shape index (κ1) is 36.7. The van der Waals surface area contributed by atoms with Gasteiger partial charge < -0.3 is 22.6 Å². The molecule has 2 aliphatic carbocycles. The number of hydrogen-bond acceptors (Lipinski definition) is 6. The molecule has 0 saturated heterocycles. The molecule has 0 aliphatic heterocycles. The fourth-order valence-corrected chi connectivity index (χ4v) is 12.7. The zero-order valence-corrected chi connectivity index (χ0v) is 37.2. The molecule has 0 bridgehead atoms. The molecule has 0 atom stereocenters. The molecule has 6 heteroatoms. The van der Waals surface area contributed by atoms with Gasteiger partial charge in [0.05, 0.1) is 5.41 Å². The van der Waals surface area contributed by atoms with E-state index in [-0.39, 0.29) is 0 Å². The summed E-state index contributed by atoms with van der Waals surface area (Å²) >= 11 is 0. The van der Waals surface area contributed by atoms with Gasteiger partial charge in [-0.3, -0.25) is 0 Å². The van der Waals surface area contributed by atoms with Gasteiger partial charge in [0.15, 0.2) is 0 Å². The molecule has 5 heterocycles. The van der Waals surface area contributed by atoms with Gasteiger partial charge in [0, 0.05) is 66.3 Å². The molecule has 0 radical (unpaired) electrons. The van der Waals surface area contributed by atoms with Crippen molar-refractivity contribution < 1.29 is 17.7 Å². The number of rotatable bonds is 3. The Bertz CT molecular complexity index is 4670. The minimum Gasteiger partial charge on any atom is -0.456 e. The Hall–Kier alpha value is -9.39. The fraction of sp³-hybridized carbons (Fsp3) is 0.0156. The van der Waals surface area contributed by atoms with Crippen molar-refractivity contribution in [3.05, 3.63) is 229 Å². The number of nitrogens with zero attached hydrogens (tertiary/aromatic N) is 2. The SMILES string of the molecule is c1ccc(N(c2ccc3oc4ncccc4c3c2)c2ccc3oc4ccc5c(c4c3c2)-c2cccc3cccc(c23)C52c3cc4oc5ccccc5c4cc3-c3cc4c(cc32)oc2ccccc24)cc1. The Balaban J connectivity index is 0.996. The first-order valence-electron chi connectivity index (χ1n) is 23.7. The fourth-order valence-electron chi connectivity index (χ4n) is 12.7. The van der Waals surface area contributed by atoms with Crippen LogP contribution >= 0.6 is 0 Å². The molecular formula is C64H34N2O4. The average molecular weight is 895 g/mol. The molecule has 5 aromatic heterocycles. The average Bonchev–Trinajstić information content (AvgIpc) is 4.22. The highest BCUT2D eigenvalue weighted by atomic mass is 16.3. The van der Waals surface area contributed by atoms with Crippen LogP contribution in [0.4, 0.5) is 17.1 Å². The number of fused-ring (bicyclic) bond motifs is 22. The van der Waals surface area contributed by atoms with E-state index in [1.54, 1.807) is 6.20 Å². The van der Waals surface area contributed by atoms with Gasteiger partial charge in [0.25, 0.3) is 0 Å². The highest BCUT2D eigenvalue weighted by molar-refractivity contribution is 6.21. The summed E-state index contributed by atoms with van der Waals surface area (Å²) in [6.45, 7) is 0. The maximum atomic E-state index is 6.95. The number of hydrogen-bond donors (Lipinski definition) is 0. The van der Waals surface area contributed by atoms with Crippen LogP contribution in [0.15, 0.2) is 224 Å². The van der Waals surface area contributed by atoms with E-state index in [0.717, 1.165) is 105 Å². The van der Waals surface area contributed by atoms with Crippen molar-refractivity contribution in [3.63, 3.8) is 0 Å². The van der Waals surface area contributed by atoms with Crippen molar-refractivity contribution in [3.8, 4) is 22.3 Å². The van der Waals surface area contributed by atoms with E-state index < -0.39 is 5.41 Å². The number of pyridine rings is 1. The molecule has 10 aromatic carbocycles. The van der Waals surface area contributed by atoms with Crippen molar-refractivity contribution in [1.29, 1.82) is 0 Å². The Labute approximate surface area is 397 Å². The summed E-state index contributed by atoms with van der Waals surface area (Å²) in [6.07, 6.45) is 1.77. The second kappa shape index (κ2) is 13.0. The largest absolute Gasteiger partial charge is 0.456 e. The summed E-state index contributed by atoms with van der Waals surface area (Å²) < 4.78 is 26.7. The Morgan fingerprint density at radius 1 is 0.329 bits per heavy atom. The van der Waals surface area contributed by atoms with Gasteiger partial charge in [-0.1, -0.05) is 97.1 Å². The van der Waals surface area contributed by atoms with Crippen LogP contribution < -0.4 is 4.90 Å². The van der Waals surface area contributed by atoms with Crippen LogP contribution in [-0.4, -0.2) is 4.98 Å². The summed E-state index contributed by atoms with van der Waals surface area (Å²) in [5.41, 5.74) is 18.4. The molecule has 70 heavy (non-hydrogen) atoms. The zero-order chi connectivity index (χ0) is 45.4. The molecule has 0 amide bonds. The van der Waals surface area contributed by atoms with E-state index >= 15 is 0 Å². The Morgan fingerprint density at radius 3 is 1.64 bits per heavy atom. The second-order valence-corrected chi connectivity index (χ2v) is 18.9. The van der Waals surface area contributed by atoms with Gasteiger partial charge in [-0.25, -0.2) is 4.98 Å². The van der Waals surface area contributed by atoms with Crippen molar-refractivity contribution in [2.45, 2.75) is 5.41 Å². The van der Waals surface area contributed by atoms with Gasteiger partial charge in [0.2, 0.25) is 5.71 Å². The van der Waals surface area contributed by atoms with E-state index in [2.05, 4.69) is 192 Å². The van der Waals surface area contributed by atoms with E-state index in [0.29, 0.717) is 5.71 Å². The number of furan rings is 4. The van der Waals surface area contributed by atoms with Crippen LogP contribution in [0.2, 0.25) is 0 Å².